The van der Waals surface area contributed by atoms with Gasteiger partial charge in [-0.15, -0.1) is 0 Å². The van der Waals surface area contributed by atoms with Gasteiger partial charge in [0.2, 0.25) is 0 Å². The van der Waals surface area contributed by atoms with Crippen molar-refractivity contribution in [3.05, 3.63) is 65.2 Å². The fourth-order valence-electron chi connectivity index (χ4n) is 2.72. The van der Waals surface area contributed by atoms with Crippen molar-refractivity contribution < 1.29 is 0 Å². The van der Waals surface area contributed by atoms with E-state index in [-0.39, 0.29) is 6.04 Å². The van der Waals surface area contributed by atoms with Crippen LogP contribution in [0.15, 0.2) is 53.5 Å². The average molecular weight is 265 g/mol. The second-order valence-corrected chi connectivity index (χ2v) is 5.34. The first-order chi connectivity index (χ1) is 9.65. The fourth-order valence-corrected chi connectivity index (χ4v) is 2.72. The van der Waals surface area contributed by atoms with Crippen LogP contribution in [-0.4, -0.2) is 12.5 Å². The standard InChI is InChI=1S/C17H19N3/c1-12-5-3-7-14(9-12)16-11-19-17(18)20(16)15-8-4-6-13(2)10-15/h3-10,16H,11H2,1-2H3,(H2,18,19). The summed E-state index contributed by atoms with van der Waals surface area (Å²) >= 11 is 0. The van der Waals surface area contributed by atoms with Gasteiger partial charge in [-0.05, 0) is 37.1 Å². The normalized spacial score (nSPS) is 18.2. The molecule has 2 aromatic rings. The molecule has 1 unspecified atom stereocenters. The number of hydrogen-bond donors (Lipinski definition) is 1. The largest absolute Gasteiger partial charge is 0.369 e. The van der Waals surface area contributed by atoms with Gasteiger partial charge in [0.15, 0.2) is 5.96 Å². The Balaban J connectivity index is 2.00. The van der Waals surface area contributed by atoms with Gasteiger partial charge in [-0.2, -0.15) is 0 Å². The number of nitrogens with two attached hydrogens (primary N) is 1. The van der Waals surface area contributed by atoms with Gasteiger partial charge < -0.3 is 10.6 Å². The third kappa shape index (κ3) is 2.27. The van der Waals surface area contributed by atoms with E-state index in [4.69, 9.17) is 5.73 Å². The van der Waals surface area contributed by atoms with Gasteiger partial charge in [0.1, 0.15) is 0 Å². The molecule has 0 saturated heterocycles. The van der Waals surface area contributed by atoms with E-state index in [2.05, 4.69) is 72.3 Å². The minimum atomic E-state index is 0.191. The SMILES string of the molecule is Cc1cccc(C2CN=C(N)N2c2cccc(C)c2)c1. The zero-order chi connectivity index (χ0) is 14.1. The number of guanidine groups is 1. The lowest BCUT2D eigenvalue weighted by atomic mass is 10.0. The van der Waals surface area contributed by atoms with Crippen molar-refractivity contribution in [3.8, 4) is 0 Å². The van der Waals surface area contributed by atoms with E-state index < -0.39 is 0 Å². The Hall–Kier alpha value is -2.29. The number of anilines is 1. The van der Waals surface area contributed by atoms with Crippen LogP contribution in [0.1, 0.15) is 22.7 Å². The highest BCUT2D eigenvalue weighted by Gasteiger charge is 2.28. The third-order valence-corrected chi connectivity index (χ3v) is 3.69. The smallest absolute Gasteiger partial charge is 0.196 e. The number of hydrogen-bond acceptors (Lipinski definition) is 3. The first-order valence-corrected chi connectivity index (χ1v) is 6.87. The number of aliphatic imine (C=N–C) groups is 1. The molecule has 3 nitrogen and oxygen atoms in total. The molecule has 0 fully saturated rings. The lowest BCUT2D eigenvalue weighted by Crippen LogP contribution is -2.36. The third-order valence-electron chi connectivity index (χ3n) is 3.69. The molecular formula is C17H19N3. The van der Waals surface area contributed by atoms with Crippen molar-refractivity contribution in [2.24, 2.45) is 10.7 Å². The van der Waals surface area contributed by atoms with Gasteiger partial charge >= 0.3 is 0 Å². The van der Waals surface area contributed by atoms with E-state index in [0.717, 1.165) is 5.69 Å². The van der Waals surface area contributed by atoms with Crippen LogP contribution in [0.3, 0.4) is 0 Å². The Morgan fingerprint density at radius 3 is 2.45 bits per heavy atom. The summed E-state index contributed by atoms with van der Waals surface area (Å²) in [6.45, 7) is 4.91. The van der Waals surface area contributed by atoms with Crippen LogP contribution < -0.4 is 10.6 Å². The summed E-state index contributed by atoms with van der Waals surface area (Å²) in [5, 5.41) is 0. The van der Waals surface area contributed by atoms with Crippen molar-refractivity contribution in [1.29, 1.82) is 0 Å². The number of aryl methyl sites for hydroxylation is 2. The Labute approximate surface area is 119 Å². The Morgan fingerprint density at radius 1 is 1.05 bits per heavy atom. The molecule has 1 aliphatic heterocycles. The van der Waals surface area contributed by atoms with Crippen LogP contribution in [0.2, 0.25) is 0 Å². The zero-order valence-electron chi connectivity index (χ0n) is 11.9. The molecule has 3 heteroatoms. The Morgan fingerprint density at radius 2 is 1.75 bits per heavy atom. The lowest BCUT2D eigenvalue weighted by molar-refractivity contribution is 0.767. The molecule has 0 saturated carbocycles. The number of nitrogens with zero attached hydrogens (tertiary/aromatic N) is 2. The minimum absolute atomic E-state index is 0.191. The molecule has 0 aliphatic carbocycles. The molecule has 20 heavy (non-hydrogen) atoms. The molecule has 2 aromatic carbocycles. The van der Waals surface area contributed by atoms with Gasteiger partial charge in [0.25, 0.3) is 0 Å². The molecule has 0 aromatic heterocycles. The summed E-state index contributed by atoms with van der Waals surface area (Å²) in [4.78, 5) is 6.56. The van der Waals surface area contributed by atoms with Crippen molar-refractivity contribution >= 4 is 11.6 Å². The molecule has 3 rings (SSSR count). The van der Waals surface area contributed by atoms with Crippen molar-refractivity contribution in [1.82, 2.24) is 0 Å². The van der Waals surface area contributed by atoms with Crippen molar-refractivity contribution in [3.63, 3.8) is 0 Å². The van der Waals surface area contributed by atoms with E-state index in [0.29, 0.717) is 12.5 Å². The monoisotopic (exact) mass is 265 g/mol. The van der Waals surface area contributed by atoms with Crippen LogP contribution in [0.25, 0.3) is 0 Å². The molecule has 0 radical (unpaired) electrons. The summed E-state index contributed by atoms with van der Waals surface area (Å²) in [6, 6.07) is 17.1. The van der Waals surface area contributed by atoms with Crippen LogP contribution in [0.4, 0.5) is 5.69 Å². The summed E-state index contributed by atoms with van der Waals surface area (Å²) < 4.78 is 0. The molecular weight excluding hydrogens is 246 g/mol. The van der Waals surface area contributed by atoms with Crippen LogP contribution in [0.5, 0.6) is 0 Å². The van der Waals surface area contributed by atoms with Crippen LogP contribution in [-0.2, 0) is 0 Å². The van der Waals surface area contributed by atoms with Gasteiger partial charge in [0, 0.05) is 5.69 Å². The second kappa shape index (κ2) is 5.00. The molecule has 102 valence electrons. The summed E-state index contributed by atoms with van der Waals surface area (Å²) in [6.07, 6.45) is 0. The van der Waals surface area contributed by atoms with Crippen LogP contribution in [0, 0.1) is 13.8 Å². The lowest BCUT2D eigenvalue weighted by Gasteiger charge is -2.27. The van der Waals surface area contributed by atoms with Crippen LogP contribution >= 0.6 is 0 Å². The molecule has 0 spiro atoms. The van der Waals surface area contributed by atoms with Gasteiger partial charge in [0.05, 0.1) is 12.6 Å². The highest BCUT2D eigenvalue weighted by Crippen LogP contribution is 2.31. The van der Waals surface area contributed by atoms with E-state index in [1.165, 1.54) is 16.7 Å². The minimum Gasteiger partial charge on any atom is -0.369 e. The predicted molar refractivity (Wildman–Crippen MR) is 84.1 cm³/mol. The first-order valence-electron chi connectivity index (χ1n) is 6.87. The maximum Gasteiger partial charge on any atom is 0.196 e. The first kappa shape index (κ1) is 12.7. The van der Waals surface area contributed by atoms with Gasteiger partial charge in [-0.25, -0.2) is 0 Å². The second-order valence-electron chi connectivity index (χ2n) is 5.34. The summed E-state index contributed by atoms with van der Waals surface area (Å²) in [5.74, 6) is 0.599. The van der Waals surface area contributed by atoms with E-state index in [1.54, 1.807) is 0 Å². The number of rotatable bonds is 2. The molecule has 1 atom stereocenters. The molecule has 1 aliphatic rings. The van der Waals surface area contributed by atoms with Crippen molar-refractivity contribution in [2.45, 2.75) is 19.9 Å². The van der Waals surface area contributed by atoms with Gasteiger partial charge in [-0.1, -0.05) is 42.0 Å². The predicted octanol–water partition coefficient (Wildman–Crippen LogP) is 3.18. The van der Waals surface area contributed by atoms with Gasteiger partial charge in [-0.3, -0.25) is 4.99 Å². The molecule has 0 bridgehead atoms. The molecule has 1 heterocycles. The average Bonchev–Trinajstić information content (AvgIpc) is 2.80. The highest BCUT2D eigenvalue weighted by molar-refractivity contribution is 5.97. The topological polar surface area (TPSA) is 41.6 Å². The maximum atomic E-state index is 6.10. The highest BCUT2D eigenvalue weighted by atomic mass is 15.3. The number of benzene rings is 2. The van der Waals surface area contributed by atoms with E-state index in [9.17, 15) is 0 Å². The summed E-state index contributed by atoms with van der Waals surface area (Å²) in [7, 11) is 0. The van der Waals surface area contributed by atoms with E-state index >= 15 is 0 Å². The van der Waals surface area contributed by atoms with Crippen molar-refractivity contribution in [2.75, 3.05) is 11.4 Å². The quantitative estimate of drug-likeness (QED) is 0.906. The fraction of sp³-hybridized carbons (Fsp3) is 0.235. The Bertz CT molecular complexity index is 661. The zero-order valence-corrected chi connectivity index (χ0v) is 11.9. The molecule has 0 amide bonds. The molecule has 2 N–H and O–H groups in total. The maximum absolute atomic E-state index is 6.10. The Kier molecular flexibility index (Phi) is 3.18. The summed E-state index contributed by atoms with van der Waals surface area (Å²) in [5.41, 5.74) is 11.0. The van der Waals surface area contributed by atoms with E-state index in [1.807, 2.05) is 0 Å².